The van der Waals surface area contributed by atoms with E-state index in [-0.39, 0.29) is 11.3 Å². The molecule has 1 amide bonds. The van der Waals surface area contributed by atoms with Gasteiger partial charge in [0, 0.05) is 25.0 Å². The zero-order chi connectivity index (χ0) is 12.6. The Morgan fingerprint density at radius 3 is 2.94 bits per heavy atom. The highest BCUT2D eigenvalue weighted by Crippen LogP contribution is 2.38. The van der Waals surface area contributed by atoms with E-state index in [4.69, 9.17) is 9.15 Å². The van der Waals surface area contributed by atoms with Crippen LogP contribution in [0.3, 0.4) is 0 Å². The van der Waals surface area contributed by atoms with Gasteiger partial charge in [-0.1, -0.05) is 0 Å². The number of amides is 1. The predicted molar refractivity (Wildman–Crippen MR) is 66.0 cm³/mol. The SMILES string of the molecule is Cc1ccc(CN2CC3(CCOC3)CCC2=O)o1. The molecule has 4 heteroatoms. The number of ether oxygens (including phenoxy) is 1. The van der Waals surface area contributed by atoms with Gasteiger partial charge >= 0.3 is 0 Å². The maximum atomic E-state index is 12.0. The third kappa shape index (κ3) is 2.17. The number of hydrogen-bond acceptors (Lipinski definition) is 3. The van der Waals surface area contributed by atoms with Crippen molar-refractivity contribution >= 4 is 5.91 Å². The van der Waals surface area contributed by atoms with Crippen molar-refractivity contribution in [1.29, 1.82) is 0 Å². The first kappa shape index (κ1) is 11.8. The predicted octanol–water partition coefficient (Wildman–Crippen LogP) is 2.12. The number of carbonyl (C=O) groups excluding carboxylic acids is 1. The maximum absolute atomic E-state index is 12.0. The summed E-state index contributed by atoms with van der Waals surface area (Å²) >= 11 is 0. The molecule has 18 heavy (non-hydrogen) atoms. The molecule has 4 nitrogen and oxygen atoms in total. The first-order chi connectivity index (χ1) is 8.67. The summed E-state index contributed by atoms with van der Waals surface area (Å²) in [6.07, 6.45) is 2.69. The second kappa shape index (κ2) is 4.43. The van der Waals surface area contributed by atoms with Crippen molar-refractivity contribution in [3.8, 4) is 0 Å². The van der Waals surface area contributed by atoms with Gasteiger partial charge in [0.05, 0.1) is 13.2 Å². The minimum atomic E-state index is 0.204. The summed E-state index contributed by atoms with van der Waals surface area (Å²) in [6.45, 7) is 4.96. The van der Waals surface area contributed by atoms with Crippen LogP contribution < -0.4 is 0 Å². The Labute approximate surface area is 107 Å². The van der Waals surface area contributed by atoms with Gasteiger partial charge in [-0.3, -0.25) is 4.79 Å². The van der Waals surface area contributed by atoms with Crippen LogP contribution in [0.4, 0.5) is 0 Å². The summed E-state index contributed by atoms with van der Waals surface area (Å²) in [6, 6.07) is 3.90. The molecule has 3 heterocycles. The smallest absolute Gasteiger partial charge is 0.223 e. The lowest BCUT2D eigenvalue weighted by molar-refractivity contribution is -0.138. The molecule has 1 atom stereocenters. The zero-order valence-electron chi connectivity index (χ0n) is 10.8. The topological polar surface area (TPSA) is 42.7 Å². The Balaban J connectivity index is 1.71. The van der Waals surface area contributed by atoms with Gasteiger partial charge < -0.3 is 14.1 Å². The summed E-state index contributed by atoms with van der Waals surface area (Å²) in [5.41, 5.74) is 0.204. The van der Waals surface area contributed by atoms with E-state index in [1.807, 2.05) is 24.0 Å². The minimum absolute atomic E-state index is 0.204. The Morgan fingerprint density at radius 1 is 1.39 bits per heavy atom. The minimum Gasteiger partial charge on any atom is -0.464 e. The first-order valence-corrected chi connectivity index (χ1v) is 6.58. The molecule has 0 radical (unpaired) electrons. The molecule has 2 fully saturated rings. The summed E-state index contributed by atoms with van der Waals surface area (Å²) < 4.78 is 11.1. The Bertz CT molecular complexity index is 446. The molecule has 0 aliphatic carbocycles. The largest absolute Gasteiger partial charge is 0.464 e. The third-order valence-electron chi connectivity index (χ3n) is 4.08. The van der Waals surface area contributed by atoms with Crippen molar-refractivity contribution in [1.82, 2.24) is 4.90 Å². The number of furan rings is 1. The second-order valence-corrected chi connectivity index (χ2v) is 5.56. The molecule has 1 aromatic heterocycles. The highest BCUT2D eigenvalue weighted by Gasteiger charge is 2.41. The van der Waals surface area contributed by atoms with E-state index in [9.17, 15) is 4.79 Å². The van der Waals surface area contributed by atoms with Crippen molar-refractivity contribution in [2.45, 2.75) is 32.7 Å². The molecule has 1 spiro atoms. The fourth-order valence-corrected chi connectivity index (χ4v) is 2.98. The Morgan fingerprint density at radius 2 is 2.28 bits per heavy atom. The van der Waals surface area contributed by atoms with E-state index in [0.29, 0.717) is 13.0 Å². The van der Waals surface area contributed by atoms with E-state index >= 15 is 0 Å². The molecule has 2 aliphatic rings. The number of rotatable bonds is 2. The maximum Gasteiger partial charge on any atom is 0.223 e. The molecule has 0 bridgehead atoms. The fraction of sp³-hybridized carbons (Fsp3) is 0.643. The number of carbonyl (C=O) groups is 1. The lowest BCUT2D eigenvalue weighted by Crippen LogP contribution is -2.46. The van der Waals surface area contributed by atoms with Crippen molar-refractivity contribution in [3.05, 3.63) is 23.7 Å². The molecular formula is C14H19NO3. The molecule has 2 saturated heterocycles. The monoisotopic (exact) mass is 249 g/mol. The molecule has 3 rings (SSSR count). The van der Waals surface area contributed by atoms with Crippen LogP contribution in [0.25, 0.3) is 0 Å². The number of nitrogens with zero attached hydrogens (tertiary/aromatic N) is 1. The fourth-order valence-electron chi connectivity index (χ4n) is 2.98. The van der Waals surface area contributed by atoms with Crippen LogP contribution in [0.5, 0.6) is 0 Å². The summed E-state index contributed by atoms with van der Waals surface area (Å²) in [7, 11) is 0. The molecule has 1 aromatic rings. The third-order valence-corrected chi connectivity index (χ3v) is 4.08. The molecule has 0 saturated carbocycles. The van der Waals surface area contributed by atoms with Crippen molar-refractivity contribution in [2.75, 3.05) is 19.8 Å². The van der Waals surface area contributed by atoms with E-state index in [1.54, 1.807) is 0 Å². The van der Waals surface area contributed by atoms with Crippen molar-refractivity contribution < 1.29 is 13.9 Å². The van der Waals surface area contributed by atoms with Gasteiger partial charge in [0.1, 0.15) is 11.5 Å². The highest BCUT2D eigenvalue weighted by molar-refractivity contribution is 5.77. The van der Waals surface area contributed by atoms with Crippen LogP contribution in [0.1, 0.15) is 30.8 Å². The summed E-state index contributed by atoms with van der Waals surface area (Å²) in [4.78, 5) is 13.9. The van der Waals surface area contributed by atoms with Gasteiger partial charge in [-0.25, -0.2) is 0 Å². The highest BCUT2D eigenvalue weighted by atomic mass is 16.5. The Hall–Kier alpha value is -1.29. The van der Waals surface area contributed by atoms with E-state index in [0.717, 1.165) is 44.1 Å². The van der Waals surface area contributed by atoms with Crippen molar-refractivity contribution in [2.24, 2.45) is 5.41 Å². The standard InChI is InChI=1S/C14H19NO3/c1-11-2-3-12(18-11)8-15-9-14(5-4-13(15)16)6-7-17-10-14/h2-3H,4-10H2,1H3. The lowest BCUT2D eigenvalue weighted by atomic mass is 9.79. The lowest BCUT2D eigenvalue weighted by Gasteiger charge is -2.38. The summed E-state index contributed by atoms with van der Waals surface area (Å²) in [5.74, 6) is 2.01. The van der Waals surface area contributed by atoms with Gasteiger partial charge in [-0.15, -0.1) is 0 Å². The van der Waals surface area contributed by atoms with Crippen LogP contribution in [-0.4, -0.2) is 30.6 Å². The average Bonchev–Trinajstić information content (AvgIpc) is 2.95. The Kier molecular flexibility index (Phi) is 2.90. The number of likely N-dealkylation sites (tertiary alicyclic amines) is 1. The van der Waals surface area contributed by atoms with Crippen molar-refractivity contribution in [3.63, 3.8) is 0 Å². The molecule has 98 valence electrons. The van der Waals surface area contributed by atoms with Crippen LogP contribution in [0.15, 0.2) is 16.5 Å². The van der Waals surface area contributed by atoms with Gasteiger partial charge in [-0.05, 0) is 31.9 Å². The van der Waals surface area contributed by atoms with Gasteiger partial charge in [0.15, 0.2) is 0 Å². The quantitative estimate of drug-likeness (QED) is 0.806. The molecule has 1 unspecified atom stereocenters. The van der Waals surface area contributed by atoms with Gasteiger partial charge in [0.2, 0.25) is 5.91 Å². The number of aryl methyl sites for hydroxylation is 1. The van der Waals surface area contributed by atoms with Crippen LogP contribution in [0.2, 0.25) is 0 Å². The normalized spacial score (nSPS) is 28.3. The molecule has 0 aromatic carbocycles. The molecule has 0 N–H and O–H groups in total. The van der Waals surface area contributed by atoms with E-state index < -0.39 is 0 Å². The van der Waals surface area contributed by atoms with Gasteiger partial charge in [0.25, 0.3) is 0 Å². The second-order valence-electron chi connectivity index (χ2n) is 5.56. The number of hydrogen-bond donors (Lipinski definition) is 0. The summed E-state index contributed by atoms with van der Waals surface area (Å²) in [5, 5.41) is 0. The number of piperidine rings is 1. The van der Waals surface area contributed by atoms with E-state index in [1.165, 1.54) is 0 Å². The van der Waals surface area contributed by atoms with E-state index in [2.05, 4.69) is 0 Å². The van der Waals surface area contributed by atoms with Gasteiger partial charge in [-0.2, -0.15) is 0 Å². The molecular weight excluding hydrogens is 230 g/mol. The average molecular weight is 249 g/mol. The van der Waals surface area contributed by atoms with Crippen LogP contribution in [-0.2, 0) is 16.1 Å². The first-order valence-electron chi connectivity index (χ1n) is 6.58. The zero-order valence-corrected chi connectivity index (χ0v) is 10.8. The van der Waals surface area contributed by atoms with Crippen LogP contribution in [0, 0.1) is 12.3 Å². The molecule has 2 aliphatic heterocycles. The van der Waals surface area contributed by atoms with Crippen LogP contribution >= 0.6 is 0 Å².